The summed E-state index contributed by atoms with van der Waals surface area (Å²) in [6.07, 6.45) is 7.47. The molecule has 0 aliphatic carbocycles. The molecule has 2 aliphatic heterocycles. The fraction of sp³-hybridized carbons (Fsp3) is 0.545. The average Bonchev–Trinajstić information content (AvgIpc) is 3.29. The van der Waals surface area contributed by atoms with Crippen LogP contribution in [0.25, 0.3) is 0 Å². The highest BCUT2D eigenvalue weighted by Crippen LogP contribution is 2.39. The standard InChI is InChI=1S/C22H30N4O/c1-3-25-14-11-23-20(25)15-24-13-10-22(16-24)9-6-12-26(17-22)21(27)19-8-5-4-7-18(19)2/h4-5,7-8,11,14H,3,6,9-10,12-13,15-17H2,1-2H3/t22-/m0/s1. The van der Waals surface area contributed by atoms with Crippen LogP contribution in [0, 0.1) is 12.3 Å². The largest absolute Gasteiger partial charge is 0.338 e. The minimum absolute atomic E-state index is 0.201. The molecule has 1 aromatic heterocycles. The van der Waals surface area contributed by atoms with E-state index in [0.717, 1.165) is 62.6 Å². The van der Waals surface area contributed by atoms with Gasteiger partial charge in [0, 0.05) is 49.6 Å². The van der Waals surface area contributed by atoms with Crippen LogP contribution in [0.4, 0.5) is 0 Å². The number of piperidine rings is 1. The second-order valence-electron chi connectivity index (χ2n) is 8.24. The maximum absolute atomic E-state index is 13.1. The summed E-state index contributed by atoms with van der Waals surface area (Å²) in [7, 11) is 0. The first kappa shape index (κ1) is 18.2. The Labute approximate surface area is 162 Å². The third kappa shape index (κ3) is 3.65. The number of carbonyl (C=O) groups is 1. The van der Waals surface area contributed by atoms with E-state index < -0.39 is 0 Å². The Bertz CT molecular complexity index is 814. The van der Waals surface area contributed by atoms with Crippen molar-refractivity contribution in [2.75, 3.05) is 26.2 Å². The lowest BCUT2D eigenvalue weighted by Crippen LogP contribution is -2.47. The summed E-state index contributed by atoms with van der Waals surface area (Å²) in [6, 6.07) is 7.95. The fourth-order valence-electron chi connectivity index (χ4n) is 4.84. The van der Waals surface area contributed by atoms with E-state index in [1.165, 1.54) is 12.8 Å². The summed E-state index contributed by atoms with van der Waals surface area (Å²) in [4.78, 5) is 22.2. The summed E-state index contributed by atoms with van der Waals surface area (Å²) in [5.41, 5.74) is 2.18. The van der Waals surface area contributed by atoms with E-state index in [9.17, 15) is 4.79 Å². The molecule has 0 bridgehead atoms. The van der Waals surface area contributed by atoms with Gasteiger partial charge in [0.2, 0.25) is 0 Å². The van der Waals surface area contributed by atoms with Gasteiger partial charge in [-0.3, -0.25) is 9.69 Å². The molecule has 2 saturated heterocycles. The number of benzene rings is 1. The lowest BCUT2D eigenvalue weighted by atomic mass is 9.79. The molecule has 1 atom stereocenters. The first-order chi connectivity index (χ1) is 13.1. The third-order valence-corrected chi connectivity index (χ3v) is 6.35. The van der Waals surface area contributed by atoms with Crippen LogP contribution in [0.3, 0.4) is 0 Å². The highest BCUT2D eigenvalue weighted by Gasteiger charge is 2.42. The third-order valence-electron chi connectivity index (χ3n) is 6.35. The van der Waals surface area contributed by atoms with E-state index in [4.69, 9.17) is 0 Å². The highest BCUT2D eigenvalue weighted by molar-refractivity contribution is 5.95. The smallest absolute Gasteiger partial charge is 0.254 e. The van der Waals surface area contributed by atoms with Gasteiger partial charge in [0.15, 0.2) is 0 Å². The molecule has 1 aromatic carbocycles. The van der Waals surface area contributed by atoms with E-state index in [1.807, 2.05) is 37.4 Å². The van der Waals surface area contributed by atoms with Gasteiger partial charge in [-0.2, -0.15) is 0 Å². The van der Waals surface area contributed by atoms with Crippen molar-refractivity contribution >= 4 is 5.91 Å². The molecule has 5 heteroatoms. The number of imidazole rings is 1. The summed E-state index contributed by atoms with van der Waals surface area (Å²) in [6.45, 7) is 10.0. The molecule has 2 aromatic rings. The van der Waals surface area contributed by atoms with E-state index in [0.29, 0.717) is 0 Å². The average molecular weight is 367 g/mol. The number of carbonyl (C=O) groups excluding carboxylic acids is 1. The minimum Gasteiger partial charge on any atom is -0.338 e. The Morgan fingerprint density at radius 3 is 2.85 bits per heavy atom. The predicted molar refractivity (Wildman–Crippen MR) is 107 cm³/mol. The second-order valence-corrected chi connectivity index (χ2v) is 8.24. The van der Waals surface area contributed by atoms with Crippen molar-refractivity contribution in [1.82, 2.24) is 19.4 Å². The fourth-order valence-corrected chi connectivity index (χ4v) is 4.84. The Balaban J connectivity index is 1.43. The van der Waals surface area contributed by atoms with Gasteiger partial charge >= 0.3 is 0 Å². The highest BCUT2D eigenvalue weighted by atomic mass is 16.2. The van der Waals surface area contributed by atoms with Gasteiger partial charge in [-0.05, 0) is 51.3 Å². The molecule has 1 spiro atoms. The summed E-state index contributed by atoms with van der Waals surface area (Å²) < 4.78 is 2.22. The van der Waals surface area contributed by atoms with E-state index in [1.54, 1.807) is 0 Å². The first-order valence-electron chi connectivity index (χ1n) is 10.2. The maximum Gasteiger partial charge on any atom is 0.254 e. The number of nitrogens with zero attached hydrogens (tertiary/aromatic N) is 4. The number of aromatic nitrogens is 2. The lowest BCUT2D eigenvalue weighted by molar-refractivity contribution is 0.0525. The van der Waals surface area contributed by atoms with Crippen LogP contribution < -0.4 is 0 Å². The lowest BCUT2D eigenvalue weighted by Gasteiger charge is -2.40. The summed E-state index contributed by atoms with van der Waals surface area (Å²) in [5.74, 6) is 1.35. The molecule has 144 valence electrons. The molecule has 27 heavy (non-hydrogen) atoms. The zero-order chi connectivity index (χ0) is 18.9. The molecule has 1 amide bonds. The van der Waals surface area contributed by atoms with E-state index >= 15 is 0 Å². The van der Waals surface area contributed by atoms with E-state index in [2.05, 4.69) is 32.5 Å². The van der Waals surface area contributed by atoms with Gasteiger partial charge < -0.3 is 9.47 Å². The molecule has 0 saturated carbocycles. The van der Waals surface area contributed by atoms with Crippen molar-refractivity contribution in [2.24, 2.45) is 5.41 Å². The molecule has 2 aliphatic rings. The van der Waals surface area contributed by atoms with Gasteiger partial charge in [0.1, 0.15) is 5.82 Å². The number of hydrogen-bond acceptors (Lipinski definition) is 3. The SMILES string of the molecule is CCn1ccnc1CN1CC[C@@]2(CCCN(C(=O)c3ccccc3C)C2)C1. The van der Waals surface area contributed by atoms with Crippen molar-refractivity contribution in [1.29, 1.82) is 0 Å². The van der Waals surface area contributed by atoms with Crippen molar-refractivity contribution < 1.29 is 4.79 Å². The topological polar surface area (TPSA) is 41.4 Å². The molecule has 3 heterocycles. The van der Waals surface area contributed by atoms with Crippen molar-refractivity contribution in [3.63, 3.8) is 0 Å². The van der Waals surface area contributed by atoms with Crippen molar-refractivity contribution in [2.45, 2.75) is 46.2 Å². The zero-order valence-electron chi connectivity index (χ0n) is 16.5. The summed E-state index contributed by atoms with van der Waals surface area (Å²) in [5, 5.41) is 0. The Hall–Kier alpha value is -2.14. The Morgan fingerprint density at radius 2 is 2.04 bits per heavy atom. The second kappa shape index (κ2) is 7.47. The van der Waals surface area contributed by atoms with Crippen LogP contribution in [0.2, 0.25) is 0 Å². The van der Waals surface area contributed by atoms with Gasteiger partial charge in [0.05, 0.1) is 6.54 Å². The predicted octanol–water partition coefficient (Wildman–Crippen LogP) is 3.34. The molecule has 0 unspecified atom stereocenters. The van der Waals surface area contributed by atoms with Crippen LogP contribution in [-0.4, -0.2) is 51.4 Å². The van der Waals surface area contributed by atoms with Crippen LogP contribution in [-0.2, 0) is 13.1 Å². The van der Waals surface area contributed by atoms with Crippen LogP contribution in [0.15, 0.2) is 36.7 Å². The van der Waals surface area contributed by atoms with Gasteiger partial charge in [-0.1, -0.05) is 18.2 Å². The summed E-state index contributed by atoms with van der Waals surface area (Å²) >= 11 is 0. The molecule has 0 N–H and O–H groups in total. The quantitative estimate of drug-likeness (QED) is 0.833. The number of likely N-dealkylation sites (tertiary alicyclic amines) is 2. The number of rotatable bonds is 4. The molecule has 5 nitrogen and oxygen atoms in total. The Kier molecular flexibility index (Phi) is 5.04. The number of amides is 1. The van der Waals surface area contributed by atoms with Gasteiger partial charge in [0.25, 0.3) is 5.91 Å². The van der Waals surface area contributed by atoms with Gasteiger partial charge in [-0.25, -0.2) is 4.98 Å². The maximum atomic E-state index is 13.1. The molecule has 0 radical (unpaired) electrons. The van der Waals surface area contributed by atoms with Crippen molar-refractivity contribution in [3.05, 3.63) is 53.6 Å². The molecule has 2 fully saturated rings. The Morgan fingerprint density at radius 1 is 1.19 bits per heavy atom. The van der Waals surface area contributed by atoms with Crippen molar-refractivity contribution in [3.8, 4) is 0 Å². The number of aryl methyl sites for hydroxylation is 2. The molecular weight excluding hydrogens is 336 g/mol. The first-order valence-corrected chi connectivity index (χ1v) is 10.2. The van der Waals surface area contributed by atoms with Gasteiger partial charge in [-0.15, -0.1) is 0 Å². The van der Waals surface area contributed by atoms with E-state index in [-0.39, 0.29) is 11.3 Å². The number of hydrogen-bond donors (Lipinski definition) is 0. The minimum atomic E-state index is 0.201. The normalized spacial score (nSPS) is 23.3. The van der Waals surface area contributed by atoms with Crippen LogP contribution >= 0.6 is 0 Å². The van der Waals surface area contributed by atoms with Crippen LogP contribution in [0.1, 0.15) is 47.9 Å². The van der Waals surface area contributed by atoms with Crippen LogP contribution in [0.5, 0.6) is 0 Å². The monoisotopic (exact) mass is 366 g/mol. The zero-order valence-corrected chi connectivity index (χ0v) is 16.5. The molecule has 4 rings (SSSR count). The molecular formula is C22H30N4O.